The summed E-state index contributed by atoms with van der Waals surface area (Å²) in [6, 6.07) is 12.3. The van der Waals surface area contributed by atoms with Gasteiger partial charge in [-0.15, -0.1) is 11.3 Å². The number of rotatable bonds is 3. The van der Waals surface area contributed by atoms with Crippen LogP contribution in [0.1, 0.15) is 11.1 Å². The summed E-state index contributed by atoms with van der Waals surface area (Å²) in [4.78, 5) is 0. The van der Waals surface area contributed by atoms with Crippen LogP contribution < -0.4 is 17.0 Å². The standard InChI is InChI=1S/C15H12N2OS.ClH/c18-16-9-12-5-7-17(8-6-12)10-13-11-19-15-4-2-1-3-14(13)15;/h1-9,11H,10H2;1H. The molecule has 0 spiro atoms. The zero-order valence-corrected chi connectivity index (χ0v) is 12.2. The van der Waals surface area contributed by atoms with Gasteiger partial charge in [-0.3, -0.25) is 0 Å². The van der Waals surface area contributed by atoms with Gasteiger partial charge in [-0.1, -0.05) is 23.4 Å². The van der Waals surface area contributed by atoms with Gasteiger partial charge in [0.15, 0.2) is 18.9 Å². The molecule has 0 aliphatic heterocycles. The summed E-state index contributed by atoms with van der Waals surface area (Å²) in [6.45, 7) is 0.848. The number of pyridine rings is 1. The Morgan fingerprint density at radius 3 is 2.65 bits per heavy atom. The minimum atomic E-state index is 0. The molecule has 0 aliphatic carbocycles. The van der Waals surface area contributed by atoms with Gasteiger partial charge in [0.1, 0.15) is 0 Å². The summed E-state index contributed by atoms with van der Waals surface area (Å²) >= 11 is 1.78. The van der Waals surface area contributed by atoms with E-state index in [0.29, 0.717) is 0 Å². The Morgan fingerprint density at radius 1 is 1.15 bits per heavy atom. The molecule has 0 amide bonds. The summed E-state index contributed by atoms with van der Waals surface area (Å²) in [5.41, 5.74) is 2.21. The quantitative estimate of drug-likeness (QED) is 0.316. The summed E-state index contributed by atoms with van der Waals surface area (Å²) in [6.07, 6.45) is 5.40. The van der Waals surface area contributed by atoms with E-state index in [1.165, 1.54) is 21.9 Å². The molecular weight excluding hydrogens is 292 g/mol. The molecule has 2 aromatic heterocycles. The van der Waals surface area contributed by atoms with E-state index in [0.717, 1.165) is 12.1 Å². The molecule has 102 valence electrons. The number of hydrogen-bond acceptors (Lipinski definition) is 3. The Bertz CT molecular complexity index is 722. The molecule has 0 saturated heterocycles. The van der Waals surface area contributed by atoms with Crippen molar-refractivity contribution in [3.05, 3.63) is 65.3 Å². The van der Waals surface area contributed by atoms with E-state index in [-0.39, 0.29) is 12.4 Å². The lowest BCUT2D eigenvalue weighted by Gasteiger charge is -1.97. The molecule has 3 aromatic rings. The van der Waals surface area contributed by atoms with E-state index < -0.39 is 0 Å². The smallest absolute Gasteiger partial charge is 0.175 e. The third-order valence-electron chi connectivity index (χ3n) is 3.04. The molecule has 3 rings (SSSR count). The minimum Gasteiger partial charge on any atom is -1.00 e. The molecule has 0 radical (unpaired) electrons. The molecule has 0 unspecified atom stereocenters. The average molecular weight is 305 g/mol. The molecule has 2 heterocycles. The van der Waals surface area contributed by atoms with Gasteiger partial charge in [0, 0.05) is 38.7 Å². The van der Waals surface area contributed by atoms with Crippen LogP contribution >= 0.6 is 11.3 Å². The highest BCUT2D eigenvalue weighted by atomic mass is 35.5. The van der Waals surface area contributed by atoms with E-state index in [9.17, 15) is 0 Å². The van der Waals surface area contributed by atoms with Crippen molar-refractivity contribution in [2.75, 3.05) is 0 Å². The van der Waals surface area contributed by atoms with Crippen molar-refractivity contribution >= 4 is 27.6 Å². The van der Waals surface area contributed by atoms with Gasteiger partial charge >= 0.3 is 0 Å². The van der Waals surface area contributed by atoms with Crippen LogP contribution in [-0.4, -0.2) is 11.4 Å². The monoisotopic (exact) mass is 304 g/mol. The molecule has 0 saturated carbocycles. The largest absolute Gasteiger partial charge is 1.00 e. The van der Waals surface area contributed by atoms with Gasteiger partial charge in [-0.25, -0.2) is 4.57 Å². The van der Waals surface area contributed by atoms with Crippen LogP contribution in [0.15, 0.2) is 59.3 Å². The zero-order chi connectivity index (χ0) is 13.1. The number of oxime groups is 1. The molecule has 0 fully saturated rings. The van der Waals surface area contributed by atoms with Crippen LogP contribution in [0.4, 0.5) is 0 Å². The molecule has 0 aliphatic rings. The van der Waals surface area contributed by atoms with Crippen molar-refractivity contribution < 1.29 is 22.2 Å². The molecule has 0 atom stereocenters. The second-order valence-electron chi connectivity index (χ2n) is 4.31. The lowest BCUT2D eigenvalue weighted by molar-refractivity contribution is -0.688. The molecule has 3 nitrogen and oxygen atoms in total. The van der Waals surface area contributed by atoms with Crippen molar-refractivity contribution in [3.8, 4) is 0 Å². The van der Waals surface area contributed by atoms with Gasteiger partial charge in [-0.2, -0.15) is 0 Å². The summed E-state index contributed by atoms with van der Waals surface area (Å²) in [7, 11) is 0. The van der Waals surface area contributed by atoms with Crippen molar-refractivity contribution in [2.24, 2.45) is 5.16 Å². The maximum absolute atomic E-state index is 8.48. The first kappa shape index (κ1) is 14.5. The van der Waals surface area contributed by atoms with Crippen LogP contribution in [0, 0.1) is 0 Å². The van der Waals surface area contributed by atoms with Crippen LogP contribution in [0.3, 0.4) is 0 Å². The Morgan fingerprint density at radius 2 is 1.90 bits per heavy atom. The third-order valence-corrected chi connectivity index (χ3v) is 4.05. The summed E-state index contributed by atoms with van der Waals surface area (Å²) in [5.74, 6) is 0. The Kier molecular flexibility index (Phi) is 4.71. The topological polar surface area (TPSA) is 36.5 Å². The predicted octanol–water partition coefficient (Wildman–Crippen LogP) is 0.0492. The first-order valence-corrected chi connectivity index (χ1v) is 6.86. The predicted molar refractivity (Wildman–Crippen MR) is 76.9 cm³/mol. The Labute approximate surface area is 127 Å². The number of fused-ring (bicyclic) bond motifs is 1. The first-order chi connectivity index (χ1) is 9.36. The van der Waals surface area contributed by atoms with Crippen molar-refractivity contribution in [1.82, 2.24) is 0 Å². The van der Waals surface area contributed by atoms with E-state index >= 15 is 0 Å². The van der Waals surface area contributed by atoms with Crippen molar-refractivity contribution in [3.63, 3.8) is 0 Å². The van der Waals surface area contributed by atoms with Crippen molar-refractivity contribution in [1.29, 1.82) is 0 Å². The number of halogens is 1. The lowest BCUT2D eigenvalue weighted by atomic mass is 10.2. The summed E-state index contributed by atoms with van der Waals surface area (Å²) < 4.78 is 3.44. The van der Waals surface area contributed by atoms with Gasteiger partial charge in [0.05, 0.1) is 6.21 Å². The van der Waals surface area contributed by atoms with Crippen LogP contribution in [0.25, 0.3) is 10.1 Å². The van der Waals surface area contributed by atoms with E-state index in [1.807, 2.05) is 24.5 Å². The fourth-order valence-electron chi connectivity index (χ4n) is 2.08. The second kappa shape index (κ2) is 6.50. The van der Waals surface area contributed by atoms with Crippen LogP contribution in [0.5, 0.6) is 0 Å². The van der Waals surface area contributed by atoms with E-state index in [1.54, 1.807) is 11.3 Å². The van der Waals surface area contributed by atoms with Crippen LogP contribution in [0.2, 0.25) is 0 Å². The van der Waals surface area contributed by atoms with Gasteiger partial charge < -0.3 is 17.6 Å². The van der Waals surface area contributed by atoms with Crippen LogP contribution in [-0.2, 0) is 6.54 Å². The number of thiophene rings is 1. The Hall–Kier alpha value is -1.91. The fraction of sp³-hybridized carbons (Fsp3) is 0.0667. The molecular formula is C15H13ClN2OS. The molecule has 5 heteroatoms. The molecule has 20 heavy (non-hydrogen) atoms. The Balaban J connectivity index is 0.00000147. The van der Waals surface area contributed by atoms with E-state index in [4.69, 9.17) is 5.21 Å². The molecule has 1 N–H and O–H groups in total. The van der Waals surface area contributed by atoms with Crippen molar-refractivity contribution in [2.45, 2.75) is 6.54 Å². The third kappa shape index (κ3) is 2.98. The maximum Gasteiger partial charge on any atom is 0.175 e. The first-order valence-electron chi connectivity index (χ1n) is 5.98. The summed E-state index contributed by atoms with van der Waals surface area (Å²) in [5, 5.41) is 15.0. The van der Waals surface area contributed by atoms with Gasteiger partial charge in [-0.05, 0) is 6.07 Å². The van der Waals surface area contributed by atoms with Gasteiger partial charge in [0.2, 0.25) is 0 Å². The number of aromatic nitrogens is 1. The SMILES string of the molecule is O/N=C/c1cc[n+](Cc2csc3ccccc23)cc1.[Cl-]. The van der Waals surface area contributed by atoms with Gasteiger partial charge in [0.25, 0.3) is 0 Å². The second-order valence-corrected chi connectivity index (χ2v) is 5.22. The zero-order valence-electron chi connectivity index (χ0n) is 10.6. The lowest BCUT2D eigenvalue weighted by Crippen LogP contribution is -3.00. The number of benzene rings is 1. The average Bonchev–Trinajstić information content (AvgIpc) is 2.85. The highest BCUT2D eigenvalue weighted by molar-refractivity contribution is 7.17. The fourth-order valence-corrected chi connectivity index (χ4v) is 3.03. The molecule has 0 bridgehead atoms. The number of hydrogen-bond donors (Lipinski definition) is 1. The molecule has 1 aromatic carbocycles. The highest BCUT2D eigenvalue weighted by Crippen LogP contribution is 2.25. The normalized spacial score (nSPS) is 10.8. The highest BCUT2D eigenvalue weighted by Gasteiger charge is 2.08. The maximum atomic E-state index is 8.48. The minimum absolute atomic E-state index is 0. The number of nitrogens with zero attached hydrogens (tertiary/aromatic N) is 2. The van der Waals surface area contributed by atoms with E-state index in [2.05, 4.69) is 39.4 Å².